The molecule has 0 aliphatic carbocycles. The number of anilines is 1. The van der Waals surface area contributed by atoms with E-state index >= 15 is 0 Å². The molecule has 0 atom stereocenters. The maximum atomic E-state index is 9.42. The Kier molecular flexibility index (Phi) is 5.75. The lowest BCUT2D eigenvalue weighted by Gasteiger charge is -2.32. The van der Waals surface area contributed by atoms with E-state index in [9.17, 15) is 5.26 Å². The molecule has 1 heterocycles. The standard InChI is InChI=1S/C16H23N3S/c1-3-19-10-8-13(9-11-19)18-15-6-5-7-16(20-4-2)14(15)12-17/h5-7,13,18H,3-4,8-11H2,1-2H3. The summed E-state index contributed by atoms with van der Waals surface area (Å²) in [6.45, 7) is 7.77. The third kappa shape index (κ3) is 3.68. The van der Waals surface area contributed by atoms with Crippen molar-refractivity contribution in [3.63, 3.8) is 0 Å². The lowest BCUT2D eigenvalue weighted by atomic mass is 10.0. The normalized spacial score (nSPS) is 16.9. The van der Waals surface area contributed by atoms with Crippen LogP contribution in [-0.4, -0.2) is 36.3 Å². The quantitative estimate of drug-likeness (QED) is 0.841. The minimum Gasteiger partial charge on any atom is -0.381 e. The van der Waals surface area contributed by atoms with E-state index in [1.54, 1.807) is 11.8 Å². The zero-order valence-electron chi connectivity index (χ0n) is 12.4. The Morgan fingerprint density at radius 3 is 2.70 bits per heavy atom. The lowest BCUT2D eigenvalue weighted by Crippen LogP contribution is -2.38. The molecule has 0 unspecified atom stereocenters. The fraction of sp³-hybridized carbons (Fsp3) is 0.562. The minimum atomic E-state index is 0.492. The summed E-state index contributed by atoms with van der Waals surface area (Å²) in [5.41, 5.74) is 1.80. The van der Waals surface area contributed by atoms with Crippen LogP contribution in [0.4, 0.5) is 5.69 Å². The fourth-order valence-electron chi connectivity index (χ4n) is 2.66. The molecule has 2 rings (SSSR count). The molecule has 1 saturated heterocycles. The molecule has 1 aliphatic rings. The van der Waals surface area contributed by atoms with Gasteiger partial charge in [0.25, 0.3) is 0 Å². The third-order valence-corrected chi connectivity index (χ3v) is 4.77. The lowest BCUT2D eigenvalue weighted by molar-refractivity contribution is 0.229. The van der Waals surface area contributed by atoms with Crippen molar-refractivity contribution in [2.24, 2.45) is 0 Å². The molecule has 1 aliphatic heterocycles. The van der Waals surface area contributed by atoms with Crippen LogP contribution in [0.1, 0.15) is 32.3 Å². The van der Waals surface area contributed by atoms with Gasteiger partial charge in [-0.15, -0.1) is 11.8 Å². The summed E-state index contributed by atoms with van der Waals surface area (Å²) >= 11 is 1.74. The first-order valence-electron chi connectivity index (χ1n) is 7.43. The molecule has 0 bridgehead atoms. The van der Waals surface area contributed by atoms with Crippen molar-refractivity contribution in [1.29, 1.82) is 5.26 Å². The van der Waals surface area contributed by atoms with E-state index in [0.29, 0.717) is 6.04 Å². The number of likely N-dealkylation sites (tertiary alicyclic amines) is 1. The van der Waals surface area contributed by atoms with E-state index in [1.807, 2.05) is 18.2 Å². The van der Waals surface area contributed by atoms with Crippen LogP contribution in [0.5, 0.6) is 0 Å². The van der Waals surface area contributed by atoms with Crippen LogP contribution in [0, 0.1) is 11.3 Å². The average Bonchev–Trinajstić information content (AvgIpc) is 2.49. The van der Waals surface area contributed by atoms with Gasteiger partial charge in [0.15, 0.2) is 0 Å². The number of hydrogen-bond donors (Lipinski definition) is 1. The Morgan fingerprint density at radius 2 is 2.10 bits per heavy atom. The highest BCUT2D eigenvalue weighted by Crippen LogP contribution is 2.29. The number of nitrogens with zero attached hydrogens (tertiary/aromatic N) is 2. The largest absolute Gasteiger partial charge is 0.381 e. The number of rotatable bonds is 5. The second-order valence-corrected chi connectivity index (χ2v) is 6.38. The van der Waals surface area contributed by atoms with E-state index in [1.165, 1.54) is 0 Å². The minimum absolute atomic E-state index is 0.492. The SMILES string of the molecule is CCSc1cccc(NC2CCN(CC)CC2)c1C#N. The van der Waals surface area contributed by atoms with Crippen LogP contribution >= 0.6 is 11.8 Å². The second-order valence-electron chi connectivity index (χ2n) is 5.08. The van der Waals surface area contributed by atoms with Crippen LogP contribution in [-0.2, 0) is 0 Å². The number of benzene rings is 1. The Bertz CT molecular complexity index is 473. The summed E-state index contributed by atoms with van der Waals surface area (Å²) in [7, 11) is 0. The highest BCUT2D eigenvalue weighted by Gasteiger charge is 2.19. The predicted molar refractivity (Wildman–Crippen MR) is 86.3 cm³/mol. The molecule has 1 N–H and O–H groups in total. The topological polar surface area (TPSA) is 39.1 Å². The molecule has 1 aromatic rings. The maximum absolute atomic E-state index is 9.42. The van der Waals surface area contributed by atoms with Crippen LogP contribution in [0.2, 0.25) is 0 Å². The zero-order chi connectivity index (χ0) is 14.4. The molecule has 108 valence electrons. The highest BCUT2D eigenvalue weighted by atomic mass is 32.2. The number of hydrogen-bond acceptors (Lipinski definition) is 4. The first-order valence-corrected chi connectivity index (χ1v) is 8.41. The van der Waals surface area contributed by atoms with Gasteiger partial charge < -0.3 is 10.2 Å². The van der Waals surface area contributed by atoms with Gasteiger partial charge in [-0.2, -0.15) is 5.26 Å². The average molecular weight is 289 g/mol. The van der Waals surface area contributed by atoms with Crippen molar-refractivity contribution >= 4 is 17.4 Å². The first-order chi connectivity index (χ1) is 9.78. The molecular weight excluding hydrogens is 266 g/mol. The second kappa shape index (κ2) is 7.56. The van der Waals surface area contributed by atoms with Crippen LogP contribution in [0.15, 0.2) is 23.1 Å². The number of nitrogens with one attached hydrogen (secondary N) is 1. The summed E-state index contributed by atoms with van der Waals surface area (Å²) in [5.74, 6) is 0.993. The number of nitriles is 1. The monoisotopic (exact) mass is 289 g/mol. The molecule has 0 saturated carbocycles. The molecule has 1 fully saturated rings. The van der Waals surface area contributed by atoms with Gasteiger partial charge in [-0.1, -0.05) is 19.9 Å². The Labute approximate surface area is 126 Å². The summed E-state index contributed by atoms with van der Waals surface area (Å²) in [6.07, 6.45) is 2.31. The van der Waals surface area contributed by atoms with Crippen molar-refractivity contribution < 1.29 is 0 Å². The molecule has 0 radical (unpaired) electrons. The molecule has 0 aromatic heterocycles. The van der Waals surface area contributed by atoms with E-state index in [0.717, 1.165) is 54.4 Å². The Morgan fingerprint density at radius 1 is 1.35 bits per heavy atom. The zero-order valence-corrected chi connectivity index (χ0v) is 13.2. The summed E-state index contributed by atoms with van der Waals surface area (Å²) in [5, 5.41) is 13.0. The summed E-state index contributed by atoms with van der Waals surface area (Å²) in [4.78, 5) is 3.57. The number of thioether (sulfide) groups is 1. The van der Waals surface area contributed by atoms with Gasteiger partial charge in [0, 0.05) is 24.0 Å². The fourth-order valence-corrected chi connectivity index (χ4v) is 3.44. The molecule has 1 aromatic carbocycles. The molecule has 0 amide bonds. The van der Waals surface area contributed by atoms with Crippen LogP contribution in [0.3, 0.4) is 0 Å². The molecule has 4 heteroatoms. The van der Waals surface area contributed by atoms with Gasteiger partial charge in [-0.05, 0) is 37.3 Å². The van der Waals surface area contributed by atoms with Gasteiger partial charge in [0.1, 0.15) is 6.07 Å². The van der Waals surface area contributed by atoms with Crippen LogP contribution < -0.4 is 5.32 Å². The van der Waals surface area contributed by atoms with E-state index < -0.39 is 0 Å². The van der Waals surface area contributed by atoms with Gasteiger partial charge in [0.05, 0.1) is 11.3 Å². The van der Waals surface area contributed by atoms with Gasteiger partial charge in [0.2, 0.25) is 0 Å². The highest BCUT2D eigenvalue weighted by molar-refractivity contribution is 7.99. The van der Waals surface area contributed by atoms with Crippen molar-refractivity contribution in [1.82, 2.24) is 4.90 Å². The Hall–Kier alpha value is -1.18. The number of piperidine rings is 1. The maximum Gasteiger partial charge on any atom is 0.102 e. The van der Waals surface area contributed by atoms with Crippen molar-refractivity contribution in [2.45, 2.75) is 37.6 Å². The predicted octanol–water partition coefficient (Wildman–Crippen LogP) is 3.57. The smallest absolute Gasteiger partial charge is 0.102 e. The van der Waals surface area contributed by atoms with Gasteiger partial charge >= 0.3 is 0 Å². The van der Waals surface area contributed by atoms with E-state index in [-0.39, 0.29) is 0 Å². The van der Waals surface area contributed by atoms with Crippen molar-refractivity contribution in [3.8, 4) is 6.07 Å². The van der Waals surface area contributed by atoms with Crippen molar-refractivity contribution in [2.75, 3.05) is 30.7 Å². The molecule has 0 spiro atoms. The Balaban J connectivity index is 2.06. The summed E-state index contributed by atoms with van der Waals surface area (Å²) in [6, 6.07) is 8.97. The first kappa shape index (κ1) is 15.2. The third-order valence-electron chi connectivity index (χ3n) is 3.83. The van der Waals surface area contributed by atoms with Gasteiger partial charge in [-0.25, -0.2) is 0 Å². The molecule has 3 nitrogen and oxygen atoms in total. The van der Waals surface area contributed by atoms with E-state index in [4.69, 9.17) is 0 Å². The van der Waals surface area contributed by atoms with Gasteiger partial charge in [-0.3, -0.25) is 0 Å². The molecule has 20 heavy (non-hydrogen) atoms. The van der Waals surface area contributed by atoms with E-state index in [2.05, 4.69) is 30.1 Å². The van der Waals surface area contributed by atoms with Crippen molar-refractivity contribution in [3.05, 3.63) is 23.8 Å². The summed E-state index contributed by atoms with van der Waals surface area (Å²) < 4.78 is 0. The molecular formula is C16H23N3S. The van der Waals surface area contributed by atoms with Crippen LogP contribution in [0.25, 0.3) is 0 Å².